The second kappa shape index (κ2) is 10.5. The van der Waals surface area contributed by atoms with Crippen LogP contribution in [-0.2, 0) is 20.8 Å². The first kappa shape index (κ1) is 24.7. The third kappa shape index (κ3) is 5.30. The smallest absolute Gasteiger partial charge is 0.340 e. The minimum Gasteiger partial charge on any atom is -0.481 e. The Bertz CT molecular complexity index is 1500. The second-order valence-electron chi connectivity index (χ2n) is 8.61. The maximum absolute atomic E-state index is 12.7. The number of fused-ring (bicyclic) bond motifs is 2. The number of carbonyl (C=O) groups is 3. The van der Waals surface area contributed by atoms with Crippen LogP contribution in [0.25, 0.3) is 33.1 Å². The summed E-state index contributed by atoms with van der Waals surface area (Å²) >= 11 is 0. The van der Waals surface area contributed by atoms with Crippen LogP contribution in [0.4, 0.5) is 0 Å². The summed E-state index contributed by atoms with van der Waals surface area (Å²) in [5.41, 5.74) is 3.02. The number of furan rings is 1. The first-order chi connectivity index (χ1) is 17.2. The Balaban J connectivity index is 1.54. The average molecular weight is 491 g/mol. The SMILES string of the molecule is Cc1c(CC(=O)N[C@@H](C)C(=O)NCCCC(=O)O)c(=O)oc2cc3occ(-c4ccccc4)c3cc12. The van der Waals surface area contributed by atoms with E-state index in [0.29, 0.717) is 22.1 Å². The predicted octanol–water partition coefficient (Wildman–Crippen LogP) is 3.54. The fraction of sp³-hybridized carbons (Fsp3) is 0.259. The first-order valence-electron chi connectivity index (χ1n) is 11.6. The van der Waals surface area contributed by atoms with E-state index in [1.54, 1.807) is 19.3 Å². The topological polar surface area (TPSA) is 139 Å². The van der Waals surface area contributed by atoms with Gasteiger partial charge in [0.15, 0.2) is 0 Å². The highest BCUT2D eigenvalue weighted by atomic mass is 16.4. The summed E-state index contributed by atoms with van der Waals surface area (Å²) in [5, 5.41) is 15.4. The maximum Gasteiger partial charge on any atom is 0.340 e. The van der Waals surface area contributed by atoms with Crippen LogP contribution >= 0.6 is 0 Å². The molecule has 9 heteroatoms. The Kier molecular flexibility index (Phi) is 7.19. The molecule has 0 spiro atoms. The van der Waals surface area contributed by atoms with E-state index in [1.807, 2.05) is 36.4 Å². The molecule has 4 rings (SSSR count). The third-order valence-electron chi connectivity index (χ3n) is 6.04. The van der Waals surface area contributed by atoms with Crippen molar-refractivity contribution < 1.29 is 28.3 Å². The van der Waals surface area contributed by atoms with Crippen molar-refractivity contribution in [1.82, 2.24) is 10.6 Å². The van der Waals surface area contributed by atoms with Gasteiger partial charge in [-0.3, -0.25) is 14.4 Å². The van der Waals surface area contributed by atoms with Gasteiger partial charge >= 0.3 is 11.6 Å². The van der Waals surface area contributed by atoms with Gasteiger partial charge in [0.05, 0.1) is 18.2 Å². The van der Waals surface area contributed by atoms with Crippen molar-refractivity contribution in [3.63, 3.8) is 0 Å². The zero-order valence-corrected chi connectivity index (χ0v) is 19.9. The van der Waals surface area contributed by atoms with E-state index in [4.69, 9.17) is 13.9 Å². The van der Waals surface area contributed by atoms with Gasteiger partial charge in [-0.2, -0.15) is 0 Å². The molecule has 3 N–H and O–H groups in total. The van der Waals surface area contributed by atoms with Crippen LogP contribution in [0.5, 0.6) is 0 Å². The molecule has 0 aliphatic heterocycles. The molecular weight excluding hydrogens is 464 g/mol. The summed E-state index contributed by atoms with van der Waals surface area (Å²) < 4.78 is 11.2. The lowest BCUT2D eigenvalue weighted by molar-refractivity contribution is -0.137. The second-order valence-corrected chi connectivity index (χ2v) is 8.61. The third-order valence-corrected chi connectivity index (χ3v) is 6.04. The lowest BCUT2D eigenvalue weighted by Crippen LogP contribution is -2.45. The van der Waals surface area contributed by atoms with Crippen molar-refractivity contribution in [3.8, 4) is 11.1 Å². The van der Waals surface area contributed by atoms with E-state index in [-0.39, 0.29) is 31.4 Å². The summed E-state index contributed by atoms with van der Waals surface area (Å²) in [5.74, 6) is -1.89. The van der Waals surface area contributed by atoms with Gasteiger partial charge in [-0.15, -0.1) is 0 Å². The molecular formula is C27H26N2O7. The van der Waals surface area contributed by atoms with Crippen LogP contribution in [0.2, 0.25) is 0 Å². The van der Waals surface area contributed by atoms with Crippen molar-refractivity contribution in [2.45, 2.75) is 39.2 Å². The number of hydrogen-bond acceptors (Lipinski definition) is 6. The number of carboxylic acids is 1. The number of rotatable bonds is 9. The fourth-order valence-electron chi connectivity index (χ4n) is 4.08. The highest BCUT2D eigenvalue weighted by Crippen LogP contribution is 2.34. The molecule has 0 fully saturated rings. The van der Waals surface area contributed by atoms with Crippen LogP contribution in [0.1, 0.15) is 30.9 Å². The molecule has 186 valence electrons. The quantitative estimate of drug-likeness (QED) is 0.241. The van der Waals surface area contributed by atoms with Crippen molar-refractivity contribution in [3.05, 3.63) is 70.3 Å². The van der Waals surface area contributed by atoms with Gasteiger partial charge < -0.3 is 24.6 Å². The molecule has 2 amide bonds. The Morgan fingerprint density at radius 2 is 1.81 bits per heavy atom. The molecule has 4 aromatic rings. The summed E-state index contributed by atoms with van der Waals surface area (Å²) in [4.78, 5) is 48.1. The molecule has 2 aromatic carbocycles. The van der Waals surface area contributed by atoms with Crippen LogP contribution in [-0.4, -0.2) is 35.5 Å². The number of benzene rings is 2. The predicted molar refractivity (Wildman–Crippen MR) is 134 cm³/mol. The molecule has 36 heavy (non-hydrogen) atoms. The number of amides is 2. The van der Waals surface area contributed by atoms with Crippen LogP contribution < -0.4 is 16.3 Å². The van der Waals surface area contributed by atoms with Gasteiger partial charge in [0.25, 0.3) is 0 Å². The number of carboxylic acid groups (broad SMARTS) is 1. The van der Waals surface area contributed by atoms with Gasteiger partial charge in [0, 0.05) is 35.4 Å². The largest absolute Gasteiger partial charge is 0.481 e. The van der Waals surface area contributed by atoms with E-state index in [0.717, 1.165) is 16.5 Å². The highest BCUT2D eigenvalue weighted by Gasteiger charge is 2.20. The Hall–Kier alpha value is -4.40. The Morgan fingerprint density at radius 3 is 2.53 bits per heavy atom. The van der Waals surface area contributed by atoms with E-state index in [2.05, 4.69) is 10.6 Å². The summed E-state index contributed by atoms with van der Waals surface area (Å²) in [7, 11) is 0. The summed E-state index contributed by atoms with van der Waals surface area (Å²) in [6.07, 6.45) is 1.63. The van der Waals surface area contributed by atoms with Gasteiger partial charge in [0.2, 0.25) is 11.8 Å². The lowest BCUT2D eigenvalue weighted by atomic mass is 9.99. The Labute approximate surface area is 206 Å². The normalized spacial score (nSPS) is 11.9. The molecule has 0 radical (unpaired) electrons. The van der Waals surface area contributed by atoms with Gasteiger partial charge in [-0.1, -0.05) is 30.3 Å². The van der Waals surface area contributed by atoms with Gasteiger partial charge in [-0.05, 0) is 37.5 Å². The van der Waals surface area contributed by atoms with Crippen LogP contribution in [0.3, 0.4) is 0 Å². The average Bonchev–Trinajstić information content (AvgIpc) is 3.26. The molecule has 0 saturated carbocycles. The molecule has 2 aromatic heterocycles. The van der Waals surface area contributed by atoms with Crippen molar-refractivity contribution >= 4 is 39.7 Å². The Morgan fingerprint density at radius 1 is 1.06 bits per heavy atom. The number of carbonyl (C=O) groups excluding carboxylic acids is 2. The van der Waals surface area contributed by atoms with E-state index < -0.39 is 29.5 Å². The number of aliphatic carboxylic acids is 1. The molecule has 0 aliphatic rings. The van der Waals surface area contributed by atoms with Crippen LogP contribution in [0.15, 0.2) is 62.4 Å². The van der Waals surface area contributed by atoms with E-state index in [1.165, 1.54) is 6.92 Å². The van der Waals surface area contributed by atoms with Crippen LogP contribution in [0, 0.1) is 6.92 Å². The zero-order valence-electron chi connectivity index (χ0n) is 19.9. The number of aryl methyl sites for hydroxylation is 1. The van der Waals surface area contributed by atoms with Crippen molar-refractivity contribution in [2.75, 3.05) is 6.54 Å². The standard InChI is InChI=1S/C27H26N2O7/c1-15-18-11-20-21(17-7-4-3-5-8-17)14-35-22(20)13-23(18)36-27(34)19(15)12-24(30)29-16(2)26(33)28-10-6-9-25(31)32/h3-5,7-8,11,13-14,16H,6,9-10,12H2,1-2H3,(H,28,33)(H,29,30)(H,31,32)/t16-/m0/s1. The van der Waals surface area contributed by atoms with Crippen molar-refractivity contribution in [2.24, 2.45) is 0 Å². The van der Waals surface area contributed by atoms with Gasteiger partial charge in [0.1, 0.15) is 17.2 Å². The molecule has 9 nitrogen and oxygen atoms in total. The lowest BCUT2D eigenvalue weighted by Gasteiger charge is -2.14. The monoisotopic (exact) mass is 490 g/mol. The fourth-order valence-corrected chi connectivity index (χ4v) is 4.08. The van der Waals surface area contributed by atoms with Gasteiger partial charge in [-0.25, -0.2) is 4.79 Å². The first-order valence-corrected chi connectivity index (χ1v) is 11.6. The molecule has 0 aliphatic carbocycles. The summed E-state index contributed by atoms with van der Waals surface area (Å²) in [6, 6.07) is 12.5. The summed E-state index contributed by atoms with van der Waals surface area (Å²) in [6.45, 7) is 3.46. The maximum atomic E-state index is 12.7. The highest BCUT2D eigenvalue weighted by molar-refractivity contribution is 6.02. The molecule has 0 saturated heterocycles. The van der Waals surface area contributed by atoms with Crippen molar-refractivity contribution in [1.29, 1.82) is 0 Å². The minimum absolute atomic E-state index is 0.0595. The molecule has 0 bridgehead atoms. The molecule has 0 unspecified atom stereocenters. The zero-order chi connectivity index (χ0) is 25.8. The number of nitrogens with one attached hydrogen (secondary N) is 2. The van der Waals surface area contributed by atoms with E-state index >= 15 is 0 Å². The minimum atomic E-state index is -0.944. The molecule has 2 heterocycles. The number of hydrogen-bond donors (Lipinski definition) is 3. The molecule has 1 atom stereocenters. The van der Waals surface area contributed by atoms with E-state index in [9.17, 15) is 19.2 Å².